The number of hydrogen-bond donors (Lipinski definition) is 1. The van der Waals surface area contributed by atoms with Gasteiger partial charge in [0.2, 0.25) is 0 Å². The first kappa shape index (κ1) is 8.34. The Hall–Kier alpha value is -0.980. The molecule has 1 unspecified atom stereocenters. The Morgan fingerprint density at radius 3 is 2.71 bits per heavy atom. The van der Waals surface area contributed by atoms with E-state index in [-0.39, 0.29) is 0 Å². The van der Waals surface area contributed by atoms with E-state index in [2.05, 4.69) is 36.5 Å². The van der Waals surface area contributed by atoms with Crippen molar-refractivity contribution < 1.29 is 0 Å². The van der Waals surface area contributed by atoms with E-state index in [9.17, 15) is 0 Å². The molecule has 1 aromatic rings. The van der Waals surface area contributed by atoms with Crippen molar-refractivity contribution in [2.24, 2.45) is 0 Å². The molecule has 1 fully saturated rings. The number of fused-ring (bicyclic) bond motifs is 2. The summed E-state index contributed by atoms with van der Waals surface area (Å²) in [4.78, 5) is 0. The minimum absolute atomic E-state index is 0.469. The van der Waals surface area contributed by atoms with Crippen molar-refractivity contribution in [3.63, 3.8) is 0 Å². The highest BCUT2D eigenvalue weighted by atomic mass is 15.0. The quantitative estimate of drug-likeness (QED) is 0.657. The van der Waals surface area contributed by atoms with Crippen molar-refractivity contribution in [2.45, 2.75) is 44.1 Å². The Bertz CT molecular complexity index is 350. The van der Waals surface area contributed by atoms with E-state index in [0.29, 0.717) is 11.5 Å². The van der Waals surface area contributed by atoms with Crippen LogP contribution in [0.5, 0.6) is 0 Å². The summed E-state index contributed by atoms with van der Waals surface area (Å²) in [7, 11) is 0. The Balaban J connectivity index is 2.14. The van der Waals surface area contributed by atoms with Crippen LogP contribution in [0, 0.1) is 0 Å². The average molecular weight is 187 g/mol. The van der Waals surface area contributed by atoms with E-state index in [1.807, 2.05) is 0 Å². The minimum atomic E-state index is 0.469. The van der Waals surface area contributed by atoms with Crippen LogP contribution in [-0.4, -0.2) is 6.04 Å². The molecule has 74 valence electrons. The fourth-order valence-corrected chi connectivity index (χ4v) is 3.36. The van der Waals surface area contributed by atoms with E-state index in [4.69, 9.17) is 0 Å². The van der Waals surface area contributed by atoms with E-state index >= 15 is 0 Å². The molecule has 0 amide bonds. The molecular weight excluding hydrogens is 170 g/mol. The Kier molecular flexibility index (Phi) is 1.64. The summed E-state index contributed by atoms with van der Waals surface area (Å²) < 4.78 is 0. The van der Waals surface area contributed by atoms with Gasteiger partial charge in [-0.1, -0.05) is 31.0 Å². The molecule has 1 atom stereocenters. The molecule has 1 aromatic carbocycles. The summed E-state index contributed by atoms with van der Waals surface area (Å²) >= 11 is 0. The smallest absolute Gasteiger partial charge is 0.0381 e. The number of nitrogens with one attached hydrogen (secondary N) is 1. The van der Waals surface area contributed by atoms with Gasteiger partial charge in [0.05, 0.1) is 0 Å². The summed E-state index contributed by atoms with van der Waals surface area (Å²) in [6.45, 7) is 2.34. The maximum Gasteiger partial charge on any atom is 0.0381 e. The van der Waals surface area contributed by atoms with Crippen LogP contribution in [0.1, 0.15) is 38.2 Å². The number of rotatable bonds is 0. The third-order valence-corrected chi connectivity index (χ3v) is 4.16. The van der Waals surface area contributed by atoms with Gasteiger partial charge in [-0.25, -0.2) is 0 Å². The number of benzene rings is 1. The molecule has 1 aliphatic heterocycles. The van der Waals surface area contributed by atoms with E-state index in [1.54, 1.807) is 5.56 Å². The van der Waals surface area contributed by atoms with E-state index in [0.717, 1.165) is 0 Å². The van der Waals surface area contributed by atoms with Crippen molar-refractivity contribution in [3.05, 3.63) is 29.8 Å². The summed E-state index contributed by atoms with van der Waals surface area (Å²) in [5.74, 6) is 0. The summed E-state index contributed by atoms with van der Waals surface area (Å²) in [6.07, 6.45) is 5.55. The second-order valence-electron chi connectivity index (χ2n) is 4.77. The fraction of sp³-hybridized carbons (Fsp3) is 0.538. The molecule has 0 bridgehead atoms. The molecule has 1 aliphatic carbocycles. The lowest BCUT2D eigenvalue weighted by atomic mass is 9.76. The van der Waals surface area contributed by atoms with Crippen molar-refractivity contribution in [2.75, 3.05) is 5.32 Å². The van der Waals surface area contributed by atoms with Crippen LogP contribution in [0.3, 0.4) is 0 Å². The van der Waals surface area contributed by atoms with Crippen molar-refractivity contribution in [1.82, 2.24) is 0 Å². The molecule has 1 heteroatoms. The maximum atomic E-state index is 3.63. The standard InChI is InChI=1S/C13H17N/c1-10-13(8-4-5-9-13)11-6-2-3-7-12(11)14-10/h2-3,6-7,10,14H,4-5,8-9H2,1H3. The second-order valence-corrected chi connectivity index (χ2v) is 4.77. The normalized spacial score (nSPS) is 27.6. The first-order chi connectivity index (χ1) is 6.83. The molecule has 1 N–H and O–H groups in total. The van der Waals surface area contributed by atoms with Crippen molar-refractivity contribution in [1.29, 1.82) is 0 Å². The van der Waals surface area contributed by atoms with Crippen LogP contribution in [0.15, 0.2) is 24.3 Å². The third-order valence-electron chi connectivity index (χ3n) is 4.16. The molecular formula is C13H17N. The second kappa shape index (κ2) is 2.75. The zero-order chi connectivity index (χ0) is 9.60. The van der Waals surface area contributed by atoms with Gasteiger partial charge >= 0.3 is 0 Å². The van der Waals surface area contributed by atoms with E-state index < -0.39 is 0 Å². The lowest BCUT2D eigenvalue weighted by Gasteiger charge is -2.28. The summed E-state index contributed by atoms with van der Waals surface area (Å²) in [6, 6.07) is 9.48. The Morgan fingerprint density at radius 1 is 1.21 bits per heavy atom. The largest absolute Gasteiger partial charge is 0.381 e. The van der Waals surface area contributed by atoms with Gasteiger partial charge in [-0.05, 0) is 31.4 Å². The van der Waals surface area contributed by atoms with Crippen LogP contribution >= 0.6 is 0 Å². The Morgan fingerprint density at radius 2 is 1.93 bits per heavy atom. The molecule has 0 aromatic heterocycles. The molecule has 2 aliphatic rings. The molecule has 0 radical (unpaired) electrons. The van der Waals surface area contributed by atoms with Crippen LogP contribution < -0.4 is 5.32 Å². The highest BCUT2D eigenvalue weighted by Crippen LogP contribution is 2.51. The first-order valence-electron chi connectivity index (χ1n) is 5.69. The lowest BCUT2D eigenvalue weighted by molar-refractivity contribution is 0.411. The third kappa shape index (κ3) is 0.902. The molecule has 0 saturated heterocycles. The van der Waals surface area contributed by atoms with Gasteiger partial charge in [0.25, 0.3) is 0 Å². The van der Waals surface area contributed by atoms with Crippen molar-refractivity contribution >= 4 is 5.69 Å². The first-order valence-corrected chi connectivity index (χ1v) is 5.69. The van der Waals surface area contributed by atoms with Gasteiger partial charge in [-0.2, -0.15) is 0 Å². The predicted octanol–water partition coefficient (Wildman–Crippen LogP) is 3.31. The number of anilines is 1. The monoisotopic (exact) mass is 187 g/mol. The topological polar surface area (TPSA) is 12.0 Å². The van der Waals surface area contributed by atoms with Crippen LogP contribution in [-0.2, 0) is 5.41 Å². The number of hydrogen-bond acceptors (Lipinski definition) is 1. The average Bonchev–Trinajstić information content (AvgIpc) is 2.77. The van der Waals surface area contributed by atoms with Crippen molar-refractivity contribution in [3.8, 4) is 0 Å². The van der Waals surface area contributed by atoms with Gasteiger partial charge in [-0.3, -0.25) is 0 Å². The van der Waals surface area contributed by atoms with Gasteiger partial charge in [0, 0.05) is 17.1 Å². The van der Waals surface area contributed by atoms with Gasteiger partial charge < -0.3 is 5.32 Å². The lowest BCUT2D eigenvalue weighted by Crippen LogP contribution is -2.33. The zero-order valence-electron chi connectivity index (χ0n) is 8.72. The summed E-state index contributed by atoms with van der Waals surface area (Å²) in [5, 5.41) is 3.63. The van der Waals surface area contributed by atoms with Gasteiger partial charge in [-0.15, -0.1) is 0 Å². The molecule has 1 heterocycles. The number of para-hydroxylation sites is 1. The SMILES string of the molecule is CC1Nc2ccccc2C12CCCC2. The summed E-state index contributed by atoms with van der Waals surface area (Å²) in [5.41, 5.74) is 3.42. The molecule has 1 spiro atoms. The fourth-order valence-electron chi connectivity index (χ4n) is 3.36. The molecule has 3 rings (SSSR count). The van der Waals surface area contributed by atoms with E-state index in [1.165, 1.54) is 31.4 Å². The maximum absolute atomic E-state index is 3.63. The highest BCUT2D eigenvalue weighted by molar-refractivity contribution is 5.62. The zero-order valence-corrected chi connectivity index (χ0v) is 8.72. The van der Waals surface area contributed by atoms with Crippen LogP contribution in [0.25, 0.3) is 0 Å². The van der Waals surface area contributed by atoms with Crippen LogP contribution in [0.2, 0.25) is 0 Å². The molecule has 1 saturated carbocycles. The molecule has 14 heavy (non-hydrogen) atoms. The van der Waals surface area contributed by atoms with Crippen LogP contribution in [0.4, 0.5) is 5.69 Å². The highest BCUT2D eigenvalue weighted by Gasteiger charge is 2.45. The predicted molar refractivity (Wildman–Crippen MR) is 59.7 cm³/mol. The Labute approximate surface area is 85.5 Å². The minimum Gasteiger partial charge on any atom is -0.381 e. The van der Waals surface area contributed by atoms with Gasteiger partial charge in [0.15, 0.2) is 0 Å². The van der Waals surface area contributed by atoms with Gasteiger partial charge in [0.1, 0.15) is 0 Å². The molecule has 1 nitrogen and oxygen atoms in total.